The van der Waals surface area contributed by atoms with Gasteiger partial charge in [0.05, 0.1) is 12.4 Å². The van der Waals surface area contributed by atoms with Crippen molar-refractivity contribution >= 4 is 5.69 Å². The van der Waals surface area contributed by atoms with Crippen molar-refractivity contribution in [2.45, 2.75) is 46.5 Å². The van der Waals surface area contributed by atoms with Crippen molar-refractivity contribution < 1.29 is 20.1 Å². The van der Waals surface area contributed by atoms with Gasteiger partial charge in [-0.05, 0) is 23.0 Å². The number of para-hydroxylation sites is 1. The van der Waals surface area contributed by atoms with Crippen molar-refractivity contribution in [3.8, 4) is 17.1 Å². The number of hydrogen-bond donors (Lipinski definition) is 0. The molecule has 27 heavy (non-hydrogen) atoms. The number of aromatic nitrogens is 2. The number of nitrogens with zero attached hydrogens (tertiary/aromatic N) is 3. The van der Waals surface area contributed by atoms with Crippen LogP contribution in [0.4, 0.5) is 5.69 Å². The van der Waals surface area contributed by atoms with Crippen LogP contribution in [-0.2, 0) is 20.1 Å². The van der Waals surface area contributed by atoms with Crippen molar-refractivity contribution in [2.24, 2.45) is 0 Å². The Morgan fingerprint density at radius 3 is 2.30 bits per heavy atom. The molecular weight excluding hydrogens is 510 g/mol. The number of hydrogen-bond acceptors (Lipinski definition) is 1. The summed E-state index contributed by atoms with van der Waals surface area (Å²) in [6, 6.07) is 13.6. The Morgan fingerprint density at radius 1 is 1.11 bits per heavy atom. The van der Waals surface area contributed by atoms with Gasteiger partial charge in [0.25, 0.3) is 0 Å². The van der Waals surface area contributed by atoms with Crippen LogP contribution in [0.25, 0.3) is 21.9 Å². The Hall–Kier alpha value is -2.21. The normalized spacial score (nSPS) is 10.7. The average Bonchev–Trinajstić information content (AvgIpc) is 3.10. The fourth-order valence-corrected chi connectivity index (χ4v) is 3.27. The summed E-state index contributed by atoms with van der Waals surface area (Å²) in [5, 5.41) is 0. The van der Waals surface area contributed by atoms with E-state index in [0.717, 1.165) is 17.0 Å². The summed E-state index contributed by atoms with van der Waals surface area (Å²) in [5.74, 6) is 1.63. The van der Waals surface area contributed by atoms with Gasteiger partial charge >= 0.3 is 0 Å². The average molecular weight is 535 g/mol. The molecule has 2 aromatic carbocycles. The summed E-state index contributed by atoms with van der Waals surface area (Å²) in [7, 11) is 0. The first-order valence-electron chi connectivity index (χ1n) is 9.00. The predicted octanol–water partition coefficient (Wildman–Crippen LogP) is 6.44. The molecule has 1 heterocycles. The summed E-state index contributed by atoms with van der Waals surface area (Å²) in [5.41, 5.74) is 6.23. The maximum atomic E-state index is 7.39. The zero-order valence-corrected chi connectivity index (χ0v) is 18.8. The van der Waals surface area contributed by atoms with Gasteiger partial charge in [0, 0.05) is 38.2 Å². The quantitative estimate of drug-likeness (QED) is 0.353. The maximum absolute atomic E-state index is 7.39. The third kappa shape index (κ3) is 4.05. The molecule has 0 bridgehead atoms. The molecule has 0 spiro atoms. The number of benzene rings is 2. The molecule has 0 aliphatic rings. The summed E-state index contributed by atoms with van der Waals surface area (Å²) in [4.78, 5) is 8.23. The minimum Gasteiger partial charge on any atom is -0.340 e. The van der Waals surface area contributed by atoms with Crippen LogP contribution in [0, 0.1) is 19.6 Å². The molecule has 0 unspecified atom stereocenters. The Morgan fingerprint density at radius 2 is 1.74 bits per heavy atom. The van der Waals surface area contributed by atoms with E-state index in [1.807, 2.05) is 31.5 Å². The Balaban J connectivity index is 0.00000261. The molecule has 4 heteroatoms. The SMILES string of the molecule is [C-]#[N+]c1cc(-c2nccn2-c2c(C(C)C)cccc2C(C)C)[c-]cc1C.[Ir]. The summed E-state index contributed by atoms with van der Waals surface area (Å²) < 4.78 is 2.15. The third-order valence-electron chi connectivity index (χ3n) is 4.71. The van der Waals surface area contributed by atoms with E-state index >= 15 is 0 Å². The summed E-state index contributed by atoms with van der Waals surface area (Å²) in [6.45, 7) is 18.2. The van der Waals surface area contributed by atoms with Crippen molar-refractivity contribution in [3.63, 3.8) is 0 Å². The van der Waals surface area contributed by atoms with E-state index in [9.17, 15) is 0 Å². The number of rotatable bonds is 4. The first-order valence-corrected chi connectivity index (χ1v) is 9.00. The number of aryl methyl sites for hydroxylation is 1. The zero-order valence-electron chi connectivity index (χ0n) is 16.4. The van der Waals surface area contributed by atoms with Crippen LogP contribution >= 0.6 is 0 Å². The van der Waals surface area contributed by atoms with Crippen molar-refractivity contribution in [2.75, 3.05) is 0 Å². The first kappa shape index (κ1) is 21.1. The van der Waals surface area contributed by atoms with Crippen LogP contribution in [0.15, 0.2) is 42.7 Å². The molecule has 141 valence electrons. The molecule has 0 aliphatic heterocycles. The largest absolute Gasteiger partial charge is 0.340 e. The van der Waals surface area contributed by atoms with Gasteiger partial charge in [-0.2, -0.15) is 6.07 Å². The van der Waals surface area contributed by atoms with Crippen LogP contribution in [-0.4, -0.2) is 9.55 Å². The zero-order chi connectivity index (χ0) is 18.8. The molecular formula is C23H24IrN3-. The predicted molar refractivity (Wildman–Crippen MR) is 107 cm³/mol. The topological polar surface area (TPSA) is 22.2 Å². The molecule has 3 aromatic rings. The molecule has 1 radical (unpaired) electrons. The smallest absolute Gasteiger partial charge is 0.111 e. The molecule has 1 aromatic heterocycles. The fraction of sp³-hybridized carbons (Fsp3) is 0.304. The van der Waals surface area contributed by atoms with Crippen molar-refractivity contribution in [1.29, 1.82) is 0 Å². The molecule has 0 saturated carbocycles. The molecule has 0 fully saturated rings. The molecule has 3 nitrogen and oxygen atoms in total. The van der Waals surface area contributed by atoms with Gasteiger partial charge < -0.3 is 4.57 Å². The molecule has 0 amide bonds. The van der Waals surface area contributed by atoms with Crippen LogP contribution in [0.3, 0.4) is 0 Å². The minimum absolute atomic E-state index is 0. The second-order valence-corrected chi connectivity index (χ2v) is 7.24. The van der Waals surface area contributed by atoms with E-state index in [0.29, 0.717) is 17.5 Å². The van der Waals surface area contributed by atoms with Gasteiger partial charge in [-0.3, -0.25) is 9.83 Å². The molecule has 3 rings (SSSR count). The van der Waals surface area contributed by atoms with E-state index in [2.05, 4.69) is 66.4 Å². The van der Waals surface area contributed by atoms with E-state index < -0.39 is 0 Å². The standard InChI is InChI=1S/C23H24N3.Ir/c1-15(2)19-8-7-9-20(16(3)4)22(19)26-13-12-25-23(26)18-11-10-17(5)21(14-18)24-6;/h7-10,12-16H,1-5H3;/q-1;. The van der Waals surface area contributed by atoms with Crippen molar-refractivity contribution in [1.82, 2.24) is 9.55 Å². The minimum atomic E-state index is 0. The fourth-order valence-electron chi connectivity index (χ4n) is 3.27. The number of imidazole rings is 1. The van der Waals surface area contributed by atoms with E-state index in [1.165, 1.54) is 16.8 Å². The second kappa shape index (κ2) is 8.65. The van der Waals surface area contributed by atoms with Crippen LogP contribution in [0.2, 0.25) is 0 Å². The first-order chi connectivity index (χ1) is 12.4. The summed E-state index contributed by atoms with van der Waals surface area (Å²) in [6.07, 6.45) is 3.83. The van der Waals surface area contributed by atoms with E-state index in [-0.39, 0.29) is 20.1 Å². The Kier molecular flexibility index (Phi) is 6.76. The van der Waals surface area contributed by atoms with Crippen molar-refractivity contribution in [3.05, 3.63) is 76.9 Å². The van der Waals surface area contributed by atoms with E-state index in [1.54, 1.807) is 0 Å². The van der Waals surface area contributed by atoms with Gasteiger partial charge in [0.1, 0.15) is 5.69 Å². The molecule has 0 N–H and O–H groups in total. The van der Waals surface area contributed by atoms with Crippen LogP contribution in [0.5, 0.6) is 0 Å². The monoisotopic (exact) mass is 535 g/mol. The third-order valence-corrected chi connectivity index (χ3v) is 4.71. The van der Waals surface area contributed by atoms with Crippen LogP contribution in [0.1, 0.15) is 56.2 Å². The van der Waals surface area contributed by atoms with Gasteiger partial charge in [0.2, 0.25) is 0 Å². The Labute approximate surface area is 175 Å². The van der Waals surface area contributed by atoms with Gasteiger partial charge in [-0.1, -0.05) is 52.8 Å². The molecule has 0 atom stereocenters. The molecule has 0 aliphatic carbocycles. The molecule has 0 saturated heterocycles. The van der Waals surface area contributed by atoms with Crippen LogP contribution < -0.4 is 0 Å². The van der Waals surface area contributed by atoms with E-state index in [4.69, 9.17) is 6.57 Å². The second-order valence-electron chi connectivity index (χ2n) is 7.24. The van der Waals surface area contributed by atoms with Gasteiger partial charge in [-0.25, -0.2) is 0 Å². The van der Waals surface area contributed by atoms with Gasteiger partial charge in [0.15, 0.2) is 0 Å². The Bertz CT molecular complexity index is 951. The summed E-state index contributed by atoms with van der Waals surface area (Å²) >= 11 is 0. The van der Waals surface area contributed by atoms with Gasteiger partial charge in [-0.15, -0.1) is 23.3 Å². The maximum Gasteiger partial charge on any atom is 0.111 e.